The number of nitro benzene ring substituents is 1. The van der Waals surface area contributed by atoms with Gasteiger partial charge in [-0.25, -0.2) is 0 Å². The van der Waals surface area contributed by atoms with Gasteiger partial charge < -0.3 is 9.64 Å². The summed E-state index contributed by atoms with van der Waals surface area (Å²) < 4.78 is 5.26. The van der Waals surface area contributed by atoms with Crippen molar-refractivity contribution in [1.82, 2.24) is 4.90 Å². The molecule has 0 aliphatic carbocycles. The van der Waals surface area contributed by atoms with Crippen molar-refractivity contribution in [2.24, 2.45) is 0 Å². The SMILES string of the molecule is CN(C(=O)c1ccc([N+](=O)[O-])cc1)C1CCOCC1. The molecule has 1 aromatic rings. The number of hydrogen-bond donors (Lipinski definition) is 0. The molecule has 0 bridgehead atoms. The Morgan fingerprint density at radius 2 is 1.89 bits per heavy atom. The minimum atomic E-state index is -0.476. The number of amides is 1. The second-order valence-electron chi connectivity index (χ2n) is 4.56. The lowest BCUT2D eigenvalue weighted by Gasteiger charge is -2.31. The average molecular weight is 264 g/mol. The first-order chi connectivity index (χ1) is 9.09. The van der Waals surface area contributed by atoms with E-state index in [9.17, 15) is 14.9 Å². The number of carbonyl (C=O) groups is 1. The molecule has 2 rings (SSSR count). The van der Waals surface area contributed by atoms with Gasteiger partial charge in [0.15, 0.2) is 0 Å². The van der Waals surface area contributed by atoms with Crippen LogP contribution < -0.4 is 0 Å². The van der Waals surface area contributed by atoms with Crippen LogP contribution in [0.3, 0.4) is 0 Å². The molecule has 0 radical (unpaired) electrons. The third kappa shape index (κ3) is 3.08. The fourth-order valence-corrected chi connectivity index (χ4v) is 2.17. The van der Waals surface area contributed by atoms with Crippen LogP contribution in [0.4, 0.5) is 5.69 Å². The lowest BCUT2D eigenvalue weighted by Crippen LogP contribution is -2.40. The van der Waals surface area contributed by atoms with Crippen molar-refractivity contribution in [3.05, 3.63) is 39.9 Å². The van der Waals surface area contributed by atoms with Crippen LogP contribution >= 0.6 is 0 Å². The van der Waals surface area contributed by atoms with Crippen molar-refractivity contribution < 1.29 is 14.5 Å². The van der Waals surface area contributed by atoms with Crippen LogP contribution in [0, 0.1) is 10.1 Å². The van der Waals surface area contributed by atoms with E-state index >= 15 is 0 Å². The quantitative estimate of drug-likeness (QED) is 0.617. The summed E-state index contributed by atoms with van der Waals surface area (Å²) in [6.07, 6.45) is 1.66. The van der Waals surface area contributed by atoms with Gasteiger partial charge in [0, 0.05) is 44.0 Å². The zero-order valence-corrected chi connectivity index (χ0v) is 10.7. The van der Waals surface area contributed by atoms with E-state index in [4.69, 9.17) is 4.74 Å². The second-order valence-corrected chi connectivity index (χ2v) is 4.56. The summed E-state index contributed by atoms with van der Waals surface area (Å²) in [5.74, 6) is -0.109. The van der Waals surface area contributed by atoms with E-state index in [1.807, 2.05) is 0 Å². The Hall–Kier alpha value is -1.95. The Labute approximate surface area is 111 Å². The number of nitro groups is 1. The summed E-state index contributed by atoms with van der Waals surface area (Å²) >= 11 is 0. The molecule has 0 unspecified atom stereocenters. The first-order valence-corrected chi connectivity index (χ1v) is 6.19. The van der Waals surface area contributed by atoms with Crippen molar-refractivity contribution in [3.63, 3.8) is 0 Å². The minimum absolute atomic E-state index is 0.00901. The van der Waals surface area contributed by atoms with Crippen molar-refractivity contribution in [2.75, 3.05) is 20.3 Å². The maximum Gasteiger partial charge on any atom is 0.269 e. The lowest BCUT2D eigenvalue weighted by molar-refractivity contribution is -0.384. The smallest absolute Gasteiger partial charge is 0.269 e. The highest BCUT2D eigenvalue weighted by Gasteiger charge is 2.23. The summed E-state index contributed by atoms with van der Waals surface area (Å²) in [6, 6.07) is 5.87. The molecule has 0 aromatic heterocycles. The Kier molecular flexibility index (Phi) is 4.11. The molecule has 0 N–H and O–H groups in total. The highest BCUT2D eigenvalue weighted by Crippen LogP contribution is 2.17. The molecule has 6 heteroatoms. The lowest BCUT2D eigenvalue weighted by atomic mass is 10.1. The average Bonchev–Trinajstić information content (AvgIpc) is 2.46. The van der Waals surface area contributed by atoms with Crippen molar-refractivity contribution in [1.29, 1.82) is 0 Å². The molecule has 1 heterocycles. The Morgan fingerprint density at radius 3 is 2.42 bits per heavy atom. The molecular formula is C13H16N2O4. The van der Waals surface area contributed by atoms with Crippen LogP contribution in [0.1, 0.15) is 23.2 Å². The number of non-ortho nitro benzene ring substituents is 1. The van der Waals surface area contributed by atoms with Crippen molar-refractivity contribution >= 4 is 11.6 Å². The maximum atomic E-state index is 12.2. The third-order valence-corrected chi connectivity index (χ3v) is 3.38. The monoisotopic (exact) mass is 264 g/mol. The van der Waals surface area contributed by atoms with Gasteiger partial charge in [-0.3, -0.25) is 14.9 Å². The molecule has 0 spiro atoms. The molecule has 1 saturated heterocycles. The largest absolute Gasteiger partial charge is 0.381 e. The van der Waals surface area contributed by atoms with Gasteiger partial charge in [-0.15, -0.1) is 0 Å². The van der Waals surface area contributed by atoms with Crippen molar-refractivity contribution in [3.8, 4) is 0 Å². The molecule has 1 aromatic carbocycles. The Morgan fingerprint density at radius 1 is 1.32 bits per heavy atom. The molecular weight excluding hydrogens is 248 g/mol. The van der Waals surface area contributed by atoms with E-state index in [0.29, 0.717) is 18.8 Å². The van der Waals surface area contributed by atoms with E-state index in [1.54, 1.807) is 11.9 Å². The molecule has 1 amide bonds. The van der Waals surface area contributed by atoms with Crippen LogP contribution in [0.15, 0.2) is 24.3 Å². The highest BCUT2D eigenvalue weighted by atomic mass is 16.6. The fourth-order valence-electron chi connectivity index (χ4n) is 2.17. The molecule has 0 atom stereocenters. The second kappa shape index (κ2) is 5.79. The summed E-state index contributed by atoms with van der Waals surface area (Å²) in [7, 11) is 1.76. The number of hydrogen-bond acceptors (Lipinski definition) is 4. The van der Waals surface area contributed by atoms with E-state index < -0.39 is 4.92 Å². The maximum absolute atomic E-state index is 12.2. The van der Waals surface area contributed by atoms with Gasteiger partial charge in [0.05, 0.1) is 4.92 Å². The number of benzene rings is 1. The van der Waals surface area contributed by atoms with Crippen molar-refractivity contribution in [2.45, 2.75) is 18.9 Å². The Balaban J connectivity index is 2.07. The predicted molar refractivity (Wildman–Crippen MR) is 69.0 cm³/mol. The van der Waals surface area contributed by atoms with E-state index in [-0.39, 0.29) is 17.6 Å². The molecule has 19 heavy (non-hydrogen) atoms. The fraction of sp³-hybridized carbons (Fsp3) is 0.462. The predicted octanol–water partition coefficient (Wildman–Crippen LogP) is 1.85. The van der Waals surface area contributed by atoms with E-state index in [0.717, 1.165) is 12.8 Å². The molecule has 1 fully saturated rings. The molecule has 1 aliphatic rings. The molecule has 6 nitrogen and oxygen atoms in total. The third-order valence-electron chi connectivity index (χ3n) is 3.38. The molecule has 1 aliphatic heterocycles. The van der Waals surface area contributed by atoms with Crippen LogP contribution in [0.25, 0.3) is 0 Å². The summed E-state index contributed by atoms with van der Waals surface area (Å²) in [4.78, 5) is 24.0. The standard InChI is InChI=1S/C13H16N2O4/c1-14(11-6-8-19-9-7-11)13(16)10-2-4-12(5-3-10)15(17)18/h2-5,11H,6-9H2,1H3. The first-order valence-electron chi connectivity index (χ1n) is 6.19. The first kappa shape index (κ1) is 13.5. The van der Waals surface area contributed by atoms with Gasteiger partial charge in [0.2, 0.25) is 0 Å². The van der Waals surface area contributed by atoms with Crippen LogP contribution in [-0.4, -0.2) is 42.0 Å². The van der Waals surface area contributed by atoms with Crippen LogP contribution in [-0.2, 0) is 4.74 Å². The van der Waals surface area contributed by atoms with E-state index in [1.165, 1.54) is 24.3 Å². The van der Waals surface area contributed by atoms with Gasteiger partial charge in [0.1, 0.15) is 0 Å². The van der Waals surface area contributed by atoms with Gasteiger partial charge >= 0.3 is 0 Å². The number of nitrogens with zero attached hydrogens (tertiary/aromatic N) is 2. The van der Waals surface area contributed by atoms with Gasteiger partial charge in [-0.2, -0.15) is 0 Å². The summed E-state index contributed by atoms with van der Waals surface area (Å²) in [5, 5.41) is 10.6. The number of carbonyl (C=O) groups excluding carboxylic acids is 1. The van der Waals surface area contributed by atoms with Gasteiger partial charge in [0.25, 0.3) is 11.6 Å². The normalized spacial score (nSPS) is 16.1. The highest BCUT2D eigenvalue weighted by molar-refractivity contribution is 5.94. The molecule has 102 valence electrons. The number of rotatable bonds is 3. The van der Waals surface area contributed by atoms with Gasteiger partial charge in [-0.1, -0.05) is 0 Å². The van der Waals surface area contributed by atoms with Crippen LogP contribution in [0.2, 0.25) is 0 Å². The summed E-state index contributed by atoms with van der Waals surface area (Å²) in [6.45, 7) is 1.34. The van der Waals surface area contributed by atoms with Gasteiger partial charge in [-0.05, 0) is 25.0 Å². The Bertz CT molecular complexity index is 466. The number of ether oxygens (including phenoxy) is 1. The van der Waals surface area contributed by atoms with Crippen LogP contribution in [0.5, 0.6) is 0 Å². The zero-order valence-electron chi connectivity index (χ0n) is 10.7. The topological polar surface area (TPSA) is 72.7 Å². The minimum Gasteiger partial charge on any atom is -0.381 e. The van der Waals surface area contributed by atoms with E-state index in [2.05, 4.69) is 0 Å². The molecule has 0 saturated carbocycles. The zero-order chi connectivity index (χ0) is 13.8. The summed E-state index contributed by atoms with van der Waals surface area (Å²) in [5.41, 5.74) is 0.463.